The van der Waals surface area contributed by atoms with Crippen molar-refractivity contribution < 1.29 is 43.7 Å². The molecule has 6 rings (SSSR count). The van der Waals surface area contributed by atoms with Crippen LogP contribution in [0.5, 0.6) is 17.2 Å². The van der Waals surface area contributed by atoms with Crippen LogP contribution in [0.1, 0.15) is 22.3 Å². The van der Waals surface area contributed by atoms with E-state index < -0.39 is 64.4 Å². The molecular weight excluding hydrogens is 546 g/mol. The first-order valence-corrected chi connectivity index (χ1v) is 13.6. The lowest BCUT2D eigenvalue weighted by Crippen LogP contribution is -2.74. The van der Waals surface area contributed by atoms with Gasteiger partial charge in [0.1, 0.15) is 5.75 Å². The number of ketones is 4. The summed E-state index contributed by atoms with van der Waals surface area (Å²) in [6.45, 7) is 0.0566. The van der Waals surface area contributed by atoms with Crippen LogP contribution in [0.25, 0.3) is 11.1 Å². The summed E-state index contributed by atoms with van der Waals surface area (Å²) in [5.41, 5.74) is 4.58. The number of hydrogen-bond donors (Lipinski definition) is 3. The highest BCUT2D eigenvalue weighted by Crippen LogP contribution is 2.53. The average molecular weight is 578 g/mol. The molecule has 0 saturated heterocycles. The maximum atomic E-state index is 14.2. The van der Waals surface area contributed by atoms with Crippen LogP contribution in [0.15, 0.2) is 24.3 Å². The van der Waals surface area contributed by atoms with Gasteiger partial charge in [0.2, 0.25) is 12.7 Å². The molecule has 4 N–H and O–H groups in total. The molecule has 12 heteroatoms. The van der Waals surface area contributed by atoms with Crippen molar-refractivity contribution in [2.24, 2.45) is 29.4 Å². The van der Waals surface area contributed by atoms with Crippen molar-refractivity contribution in [2.75, 3.05) is 39.9 Å². The van der Waals surface area contributed by atoms with E-state index in [4.69, 9.17) is 15.2 Å². The molecule has 2 saturated carbocycles. The van der Waals surface area contributed by atoms with E-state index in [1.54, 1.807) is 57.4 Å². The molecule has 3 aliphatic carbocycles. The van der Waals surface area contributed by atoms with Gasteiger partial charge in [0.15, 0.2) is 46.2 Å². The summed E-state index contributed by atoms with van der Waals surface area (Å²) in [6.07, 6.45) is 0.162. The van der Waals surface area contributed by atoms with Crippen LogP contribution in [0.4, 0.5) is 5.69 Å². The maximum absolute atomic E-state index is 14.2. The third kappa shape index (κ3) is 3.64. The number of likely N-dealkylation sites (N-methyl/N-ethyl adjacent to an activating group) is 1. The van der Waals surface area contributed by atoms with Gasteiger partial charge in [-0.2, -0.15) is 0 Å². The number of nitrogens with zero attached hydrogens (tertiary/aromatic N) is 2. The molecule has 1 aliphatic heterocycles. The van der Waals surface area contributed by atoms with E-state index in [2.05, 4.69) is 0 Å². The fourth-order valence-corrected chi connectivity index (χ4v) is 7.34. The number of Topliss-reactive ketones (excluding diaryl/α,β-unsaturated/α-hetero) is 4. The van der Waals surface area contributed by atoms with Crippen LogP contribution in [-0.4, -0.2) is 90.8 Å². The van der Waals surface area contributed by atoms with Crippen molar-refractivity contribution >= 4 is 34.7 Å². The van der Waals surface area contributed by atoms with E-state index in [0.29, 0.717) is 33.9 Å². The summed E-state index contributed by atoms with van der Waals surface area (Å²) in [5.74, 6) is -9.80. The number of primary amides is 1. The molecule has 0 aromatic heterocycles. The van der Waals surface area contributed by atoms with Crippen molar-refractivity contribution in [3.05, 3.63) is 35.4 Å². The number of benzene rings is 2. The Morgan fingerprint density at radius 1 is 1.02 bits per heavy atom. The lowest BCUT2D eigenvalue weighted by atomic mass is 9.52. The Bertz CT molecular complexity index is 1600. The monoisotopic (exact) mass is 577 g/mol. The second kappa shape index (κ2) is 9.36. The number of rotatable bonds is 4. The zero-order valence-corrected chi connectivity index (χ0v) is 23.5. The van der Waals surface area contributed by atoms with Gasteiger partial charge in [0.05, 0.1) is 17.5 Å². The number of aliphatic hydroxyl groups is 1. The minimum atomic E-state index is -2.77. The SMILES string of the molecule is CN(C)c1cc(-c2ccc3c(c2)OCO3)c(O)c2c1CC1CC3C(N(C)C)C(=O)C(C(N)=O)C(=O)C3(O)C(=O)C1C2=O. The molecule has 42 heavy (non-hydrogen) atoms. The number of hydrogen-bond acceptors (Lipinski definition) is 11. The number of phenols is 1. The quantitative estimate of drug-likeness (QED) is 0.427. The minimum absolute atomic E-state index is 0.0125. The Hall–Kier alpha value is -4.29. The third-order valence-electron chi connectivity index (χ3n) is 9.20. The first kappa shape index (κ1) is 27.9. The molecule has 4 aliphatic rings. The molecule has 220 valence electrons. The van der Waals surface area contributed by atoms with Gasteiger partial charge < -0.3 is 30.3 Å². The summed E-state index contributed by atoms with van der Waals surface area (Å²) in [5, 5.41) is 23.3. The molecular formula is C30H31N3O9. The topological polar surface area (TPSA) is 177 Å². The van der Waals surface area contributed by atoms with Crippen molar-refractivity contribution in [1.82, 2.24) is 4.90 Å². The first-order valence-electron chi connectivity index (χ1n) is 13.6. The number of ether oxygens (including phenoxy) is 2. The van der Waals surface area contributed by atoms with Crippen molar-refractivity contribution in [1.29, 1.82) is 0 Å². The van der Waals surface area contributed by atoms with Crippen LogP contribution >= 0.6 is 0 Å². The molecule has 6 unspecified atom stereocenters. The zero-order chi connectivity index (χ0) is 30.4. The number of fused-ring (bicyclic) bond motifs is 4. The molecule has 2 aromatic carbocycles. The number of nitrogens with two attached hydrogens (primary N) is 1. The molecule has 0 radical (unpaired) electrons. The van der Waals surface area contributed by atoms with Gasteiger partial charge in [-0.25, -0.2) is 0 Å². The van der Waals surface area contributed by atoms with Gasteiger partial charge in [-0.05, 0) is 62.2 Å². The molecule has 12 nitrogen and oxygen atoms in total. The molecule has 1 heterocycles. The van der Waals surface area contributed by atoms with Gasteiger partial charge in [0, 0.05) is 31.3 Å². The van der Waals surface area contributed by atoms with Crippen molar-refractivity contribution in [3.8, 4) is 28.4 Å². The van der Waals surface area contributed by atoms with E-state index in [9.17, 15) is 34.2 Å². The van der Waals surface area contributed by atoms with E-state index in [0.717, 1.165) is 0 Å². The number of phenolic OH excluding ortho intramolecular Hbond substituents is 1. The zero-order valence-electron chi connectivity index (χ0n) is 23.5. The van der Waals surface area contributed by atoms with Crippen LogP contribution in [0.3, 0.4) is 0 Å². The lowest BCUT2D eigenvalue weighted by Gasteiger charge is -2.52. The fraction of sp³-hybridized carbons (Fsp3) is 0.433. The van der Waals surface area contributed by atoms with E-state index in [-0.39, 0.29) is 30.9 Å². The largest absolute Gasteiger partial charge is 0.507 e. The smallest absolute Gasteiger partial charge is 0.235 e. The Kier molecular flexibility index (Phi) is 6.21. The second-order valence-electron chi connectivity index (χ2n) is 11.9. The fourth-order valence-electron chi connectivity index (χ4n) is 7.34. The van der Waals surface area contributed by atoms with E-state index in [1.807, 2.05) is 0 Å². The number of amides is 1. The highest BCUT2D eigenvalue weighted by atomic mass is 16.7. The van der Waals surface area contributed by atoms with Gasteiger partial charge >= 0.3 is 0 Å². The first-order chi connectivity index (χ1) is 19.8. The molecule has 0 spiro atoms. The number of carbonyl (C=O) groups excluding carboxylic acids is 5. The standard InChI is InChI=1S/C30H31N3O9/c1-32(2)17-10-14(12-5-6-18-19(9-12)42-11-41-18)24(34)21-15(17)7-13-8-16-23(33(3)4)26(36)22(29(31)39)28(38)30(16,40)27(37)20(13)25(21)35/h5-6,9-10,13,16,20,22-23,34,40H,7-8,11H2,1-4H3,(H2,31,39). The molecule has 2 fully saturated rings. The Balaban J connectivity index is 1.50. The third-order valence-corrected chi connectivity index (χ3v) is 9.20. The average Bonchev–Trinajstić information content (AvgIpc) is 3.38. The van der Waals surface area contributed by atoms with Crippen LogP contribution in [-0.2, 0) is 25.6 Å². The maximum Gasteiger partial charge on any atom is 0.235 e. The number of carbonyl (C=O) groups is 5. The van der Waals surface area contributed by atoms with Gasteiger partial charge in [-0.15, -0.1) is 0 Å². The van der Waals surface area contributed by atoms with Crippen LogP contribution < -0.4 is 20.1 Å². The Labute approximate surface area is 241 Å². The van der Waals surface area contributed by atoms with Crippen molar-refractivity contribution in [2.45, 2.75) is 24.5 Å². The van der Waals surface area contributed by atoms with Gasteiger partial charge in [-0.1, -0.05) is 6.07 Å². The second-order valence-corrected chi connectivity index (χ2v) is 11.9. The Morgan fingerprint density at radius 3 is 2.36 bits per heavy atom. The normalized spacial score (nSPS) is 29.7. The highest BCUT2D eigenvalue weighted by molar-refractivity contribution is 6.32. The lowest BCUT2D eigenvalue weighted by molar-refractivity contribution is -0.181. The Morgan fingerprint density at radius 2 is 1.71 bits per heavy atom. The van der Waals surface area contributed by atoms with Crippen molar-refractivity contribution in [3.63, 3.8) is 0 Å². The summed E-state index contributed by atoms with van der Waals surface area (Å²) in [4.78, 5) is 70.5. The number of anilines is 1. The van der Waals surface area contributed by atoms with Crippen LogP contribution in [0, 0.1) is 23.7 Å². The minimum Gasteiger partial charge on any atom is -0.507 e. The molecule has 6 atom stereocenters. The van der Waals surface area contributed by atoms with E-state index in [1.165, 1.54) is 4.90 Å². The predicted molar refractivity (Wildman–Crippen MR) is 147 cm³/mol. The molecule has 0 bridgehead atoms. The molecule has 1 amide bonds. The van der Waals surface area contributed by atoms with Gasteiger partial charge in [-0.3, -0.25) is 28.9 Å². The summed E-state index contributed by atoms with van der Waals surface area (Å²) in [6, 6.07) is 5.69. The summed E-state index contributed by atoms with van der Waals surface area (Å²) >= 11 is 0. The highest BCUT2D eigenvalue weighted by Gasteiger charge is 2.69. The van der Waals surface area contributed by atoms with E-state index >= 15 is 0 Å². The van der Waals surface area contributed by atoms with Gasteiger partial charge in [0.25, 0.3) is 0 Å². The predicted octanol–water partition coefficient (Wildman–Crippen LogP) is 0.329. The summed E-state index contributed by atoms with van der Waals surface area (Å²) < 4.78 is 10.9. The summed E-state index contributed by atoms with van der Waals surface area (Å²) in [7, 11) is 6.69. The van der Waals surface area contributed by atoms with Crippen LogP contribution in [0.2, 0.25) is 0 Å². The molecule has 2 aromatic rings. The number of aromatic hydroxyl groups is 1.